The first-order valence-corrected chi connectivity index (χ1v) is 7.28. The Kier molecular flexibility index (Phi) is 3.37. The number of rotatable bonds is 4. The van der Waals surface area contributed by atoms with Crippen molar-refractivity contribution in [3.63, 3.8) is 0 Å². The summed E-state index contributed by atoms with van der Waals surface area (Å²) in [4.78, 5) is 0.199. The SMILES string of the molecule is COC[C@@]1(C#N)C[C@@H]1S(=O)(=O)c1ccc(Cl)cc1. The Balaban J connectivity index is 2.30. The second-order valence-electron chi connectivity index (χ2n) is 4.39. The van der Waals surface area contributed by atoms with E-state index in [1.54, 1.807) is 0 Å². The summed E-state index contributed by atoms with van der Waals surface area (Å²) in [5.74, 6) is 0. The molecular weight excluding hydrogens is 274 g/mol. The van der Waals surface area contributed by atoms with Crippen molar-refractivity contribution in [2.75, 3.05) is 13.7 Å². The highest BCUT2D eigenvalue weighted by atomic mass is 35.5. The highest BCUT2D eigenvalue weighted by molar-refractivity contribution is 7.92. The van der Waals surface area contributed by atoms with Crippen molar-refractivity contribution in [2.45, 2.75) is 16.6 Å². The molecule has 1 fully saturated rings. The van der Waals surface area contributed by atoms with Crippen LogP contribution in [0.25, 0.3) is 0 Å². The number of hydrogen-bond donors (Lipinski definition) is 0. The van der Waals surface area contributed by atoms with Gasteiger partial charge in [-0.25, -0.2) is 8.42 Å². The van der Waals surface area contributed by atoms with Gasteiger partial charge in [0.05, 0.1) is 28.2 Å². The molecule has 1 aromatic rings. The third-order valence-electron chi connectivity index (χ3n) is 3.15. The lowest BCUT2D eigenvalue weighted by Crippen LogP contribution is -2.19. The Bertz CT molecular complexity index is 591. The molecule has 4 nitrogen and oxygen atoms in total. The van der Waals surface area contributed by atoms with Crippen molar-refractivity contribution in [2.24, 2.45) is 5.41 Å². The zero-order chi connectivity index (χ0) is 13.4. The van der Waals surface area contributed by atoms with Crippen LogP contribution in [0.4, 0.5) is 0 Å². The van der Waals surface area contributed by atoms with Crippen LogP contribution in [0.1, 0.15) is 6.42 Å². The van der Waals surface area contributed by atoms with Gasteiger partial charge in [0.15, 0.2) is 9.84 Å². The van der Waals surface area contributed by atoms with Crippen molar-refractivity contribution in [3.8, 4) is 6.07 Å². The Morgan fingerprint density at radius 2 is 2.11 bits per heavy atom. The molecule has 0 bridgehead atoms. The van der Waals surface area contributed by atoms with Crippen molar-refractivity contribution < 1.29 is 13.2 Å². The molecule has 1 aromatic carbocycles. The molecule has 1 aliphatic carbocycles. The van der Waals surface area contributed by atoms with Crippen LogP contribution in [0.5, 0.6) is 0 Å². The van der Waals surface area contributed by atoms with Gasteiger partial charge in [-0.2, -0.15) is 5.26 Å². The van der Waals surface area contributed by atoms with Gasteiger partial charge < -0.3 is 4.74 Å². The number of halogens is 1. The average molecular weight is 286 g/mol. The lowest BCUT2D eigenvalue weighted by Gasteiger charge is -2.08. The molecule has 0 unspecified atom stereocenters. The van der Waals surface area contributed by atoms with E-state index < -0.39 is 20.5 Å². The normalized spacial score (nSPS) is 26.6. The molecule has 6 heteroatoms. The quantitative estimate of drug-likeness (QED) is 0.849. The maximum absolute atomic E-state index is 12.3. The number of ether oxygens (including phenoxy) is 1. The van der Waals surface area contributed by atoms with Gasteiger partial charge in [0, 0.05) is 12.1 Å². The second kappa shape index (κ2) is 4.54. The van der Waals surface area contributed by atoms with E-state index in [9.17, 15) is 8.42 Å². The predicted molar refractivity (Wildman–Crippen MR) is 67.0 cm³/mol. The second-order valence-corrected chi connectivity index (χ2v) is 6.96. The van der Waals surface area contributed by atoms with E-state index >= 15 is 0 Å². The summed E-state index contributed by atoms with van der Waals surface area (Å²) >= 11 is 5.72. The molecule has 0 amide bonds. The zero-order valence-electron chi connectivity index (χ0n) is 9.76. The molecule has 96 valence electrons. The van der Waals surface area contributed by atoms with Crippen LogP contribution in [0.3, 0.4) is 0 Å². The average Bonchev–Trinajstić information content (AvgIpc) is 3.06. The number of benzene rings is 1. The summed E-state index contributed by atoms with van der Waals surface area (Å²) in [6.07, 6.45) is 0.322. The predicted octanol–water partition coefficient (Wildman–Crippen LogP) is 2.04. The highest BCUT2D eigenvalue weighted by Crippen LogP contribution is 2.52. The number of hydrogen-bond acceptors (Lipinski definition) is 4. The Morgan fingerprint density at radius 1 is 1.50 bits per heavy atom. The number of nitrogens with zero attached hydrogens (tertiary/aromatic N) is 1. The first kappa shape index (κ1) is 13.3. The van der Waals surface area contributed by atoms with Crippen LogP contribution in [0, 0.1) is 16.7 Å². The van der Waals surface area contributed by atoms with Gasteiger partial charge in [0.25, 0.3) is 0 Å². The topological polar surface area (TPSA) is 67.2 Å². The monoisotopic (exact) mass is 285 g/mol. The lowest BCUT2D eigenvalue weighted by atomic mass is 10.1. The number of methoxy groups -OCH3 is 1. The standard InChI is InChI=1S/C12H12ClNO3S/c1-17-8-12(7-14)6-11(12)18(15,16)10-4-2-9(13)3-5-10/h2-5,11H,6,8H2,1H3/t11-,12-/m0/s1. The van der Waals surface area contributed by atoms with Crippen molar-refractivity contribution in [3.05, 3.63) is 29.3 Å². The Morgan fingerprint density at radius 3 is 2.61 bits per heavy atom. The molecule has 0 saturated heterocycles. The van der Waals surface area contributed by atoms with Crippen molar-refractivity contribution in [1.82, 2.24) is 0 Å². The number of sulfone groups is 1. The lowest BCUT2D eigenvalue weighted by molar-refractivity contribution is 0.164. The maximum atomic E-state index is 12.3. The molecule has 2 rings (SSSR count). The van der Waals surface area contributed by atoms with E-state index in [0.29, 0.717) is 11.4 Å². The van der Waals surface area contributed by atoms with Crippen LogP contribution in [0.2, 0.25) is 5.02 Å². The molecule has 1 aliphatic rings. The first-order valence-electron chi connectivity index (χ1n) is 5.36. The Hall–Kier alpha value is -1.09. The zero-order valence-corrected chi connectivity index (χ0v) is 11.3. The van der Waals surface area contributed by atoms with Gasteiger partial charge in [-0.15, -0.1) is 0 Å². The molecule has 18 heavy (non-hydrogen) atoms. The largest absolute Gasteiger partial charge is 0.383 e. The minimum atomic E-state index is -3.49. The van der Waals surface area contributed by atoms with Gasteiger partial charge in [-0.3, -0.25) is 0 Å². The fraction of sp³-hybridized carbons (Fsp3) is 0.417. The summed E-state index contributed by atoms with van der Waals surface area (Å²) < 4.78 is 29.5. The minimum Gasteiger partial charge on any atom is -0.383 e. The van der Waals surface area contributed by atoms with E-state index in [1.165, 1.54) is 31.4 Å². The molecule has 0 spiro atoms. The van der Waals surface area contributed by atoms with Crippen LogP contribution in [-0.2, 0) is 14.6 Å². The first-order chi connectivity index (χ1) is 8.46. The van der Waals surface area contributed by atoms with Crippen molar-refractivity contribution in [1.29, 1.82) is 5.26 Å². The molecule has 1 saturated carbocycles. The molecule has 0 heterocycles. The maximum Gasteiger partial charge on any atom is 0.182 e. The van der Waals surface area contributed by atoms with E-state index in [1.807, 2.05) is 0 Å². The third kappa shape index (κ3) is 2.12. The van der Waals surface area contributed by atoms with E-state index in [4.69, 9.17) is 21.6 Å². The smallest absolute Gasteiger partial charge is 0.182 e. The van der Waals surface area contributed by atoms with Gasteiger partial charge >= 0.3 is 0 Å². The van der Waals surface area contributed by atoms with Crippen LogP contribution in [0.15, 0.2) is 29.2 Å². The number of nitriles is 1. The van der Waals surface area contributed by atoms with Crippen LogP contribution in [-0.4, -0.2) is 27.4 Å². The van der Waals surface area contributed by atoms with E-state index in [0.717, 1.165) is 0 Å². The fourth-order valence-corrected chi connectivity index (χ4v) is 4.23. The molecule has 0 aliphatic heterocycles. The van der Waals surface area contributed by atoms with Gasteiger partial charge in [-0.05, 0) is 30.7 Å². The van der Waals surface area contributed by atoms with E-state index in [2.05, 4.69) is 6.07 Å². The van der Waals surface area contributed by atoms with Gasteiger partial charge in [-0.1, -0.05) is 11.6 Å². The van der Waals surface area contributed by atoms with Crippen molar-refractivity contribution >= 4 is 21.4 Å². The Labute approximate surface area is 111 Å². The summed E-state index contributed by atoms with van der Waals surface area (Å²) in [5.41, 5.74) is -0.896. The molecule has 0 aromatic heterocycles. The fourth-order valence-electron chi connectivity index (χ4n) is 2.03. The van der Waals surface area contributed by atoms with Crippen LogP contribution >= 0.6 is 11.6 Å². The van der Waals surface area contributed by atoms with Crippen LogP contribution < -0.4 is 0 Å². The van der Waals surface area contributed by atoms with Gasteiger partial charge in [0.2, 0.25) is 0 Å². The summed E-state index contributed by atoms with van der Waals surface area (Å²) in [6.45, 7) is 0.140. The summed E-state index contributed by atoms with van der Waals surface area (Å²) in [6, 6.07) is 8.04. The third-order valence-corrected chi connectivity index (χ3v) is 5.70. The van der Waals surface area contributed by atoms with E-state index in [-0.39, 0.29) is 11.5 Å². The summed E-state index contributed by atoms with van der Waals surface area (Å²) in [7, 11) is -2.02. The summed E-state index contributed by atoms with van der Waals surface area (Å²) in [5, 5.41) is 8.89. The highest BCUT2D eigenvalue weighted by Gasteiger charge is 2.62. The van der Waals surface area contributed by atoms with Gasteiger partial charge in [0.1, 0.15) is 0 Å². The molecule has 2 atom stereocenters. The molecule has 0 radical (unpaired) electrons. The molecule has 0 N–H and O–H groups in total. The minimum absolute atomic E-state index is 0.140. The molecular formula is C12H12ClNO3S.